The maximum Gasteiger partial charge on any atom is 0.220 e. The molecule has 4 nitrogen and oxygen atoms in total. The molecular weight excluding hydrogens is 180 g/mol. The van der Waals surface area contributed by atoms with Gasteiger partial charge in [0.15, 0.2) is 0 Å². The molecule has 0 aromatic heterocycles. The van der Waals surface area contributed by atoms with Crippen molar-refractivity contribution in [1.29, 1.82) is 0 Å². The highest BCUT2D eigenvalue weighted by Crippen LogP contribution is 2.11. The molecule has 1 unspecified atom stereocenters. The van der Waals surface area contributed by atoms with Crippen molar-refractivity contribution in [2.45, 2.75) is 32.2 Å². The van der Waals surface area contributed by atoms with Crippen LogP contribution in [-0.4, -0.2) is 36.8 Å². The van der Waals surface area contributed by atoms with Gasteiger partial charge in [-0.2, -0.15) is 0 Å². The highest BCUT2D eigenvalue weighted by atomic mass is 16.3. The number of hydrogen-bond donors (Lipinski definition) is 3. The molecule has 1 amide bonds. The topological polar surface area (TPSA) is 61.4 Å². The van der Waals surface area contributed by atoms with E-state index in [0.29, 0.717) is 12.3 Å². The largest absolute Gasteiger partial charge is 0.394 e. The SMILES string of the molecule is CC[C@@H](CO)NC(=O)CC1CCNC1. The van der Waals surface area contributed by atoms with Gasteiger partial charge in [0.1, 0.15) is 0 Å². The van der Waals surface area contributed by atoms with Crippen molar-refractivity contribution in [3.8, 4) is 0 Å². The van der Waals surface area contributed by atoms with Gasteiger partial charge < -0.3 is 15.7 Å². The lowest BCUT2D eigenvalue weighted by Gasteiger charge is -2.15. The Morgan fingerprint density at radius 3 is 3.00 bits per heavy atom. The molecule has 0 aromatic rings. The molecule has 3 N–H and O–H groups in total. The summed E-state index contributed by atoms with van der Waals surface area (Å²) in [4.78, 5) is 11.5. The number of nitrogens with one attached hydrogen (secondary N) is 2. The van der Waals surface area contributed by atoms with E-state index >= 15 is 0 Å². The molecule has 2 atom stereocenters. The minimum atomic E-state index is -0.0723. The van der Waals surface area contributed by atoms with Gasteiger partial charge in [0, 0.05) is 6.42 Å². The lowest BCUT2D eigenvalue weighted by Crippen LogP contribution is -2.37. The molecule has 1 aliphatic heterocycles. The fraction of sp³-hybridized carbons (Fsp3) is 0.900. The summed E-state index contributed by atoms with van der Waals surface area (Å²) in [5.74, 6) is 0.547. The number of hydrogen-bond acceptors (Lipinski definition) is 3. The van der Waals surface area contributed by atoms with Crippen molar-refractivity contribution in [3.05, 3.63) is 0 Å². The van der Waals surface area contributed by atoms with Gasteiger partial charge in [0.05, 0.1) is 12.6 Å². The van der Waals surface area contributed by atoms with Crippen molar-refractivity contribution in [2.75, 3.05) is 19.7 Å². The first-order valence-corrected chi connectivity index (χ1v) is 5.37. The first-order valence-electron chi connectivity index (χ1n) is 5.37. The van der Waals surface area contributed by atoms with Crippen molar-refractivity contribution < 1.29 is 9.90 Å². The average molecular weight is 200 g/mol. The van der Waals surface area contributed by atoms with Crippen molar-refractivity contribution in [1.82, 2.24) is 10.6 Å². The Labute approximate surface area is 85.1 Å². The number of amides is 1. The molecule has 0 radical (unpaired) electrons. The number of carbonyl (C=O) groups is 1. The Hall–Kier alpha value is -0.610. The van der Waals surface area contributed by atoms with Gasteiger partial charge >= 0.3 is 0 Å². The number of aliphatic hydroxyl groups is 1. The summed E-state index contributed by atoms with van der Waals surface area (Å²) in [5, 5.41) is 15.0. The van der Waals surface area contributed by atoms with Crippen LogP contribution in [-0.2, 0) is 4.79 Å². The molecule has 1 rings (SSSR count). The van der Waals surface area contributed by atoms with E-state index < -0.39 is 0 Å². The molecule has 1 saturated heterocycles. The zero-order valence-electron chi connectivity index (χ0n) is 8.75. The molecular formula is C10H20N2O2. The standard InChI is InChI=1S/C10H20N2O2/c1-2-9(7-13)12-10(14)5-8-3-4-11-6-8/h8-9,11,13H,2-7H2,1H3,(H,12,14)/t8?,9-/m0/s1. The highest BCUT2D eigenvalue weighted by Gasteiger charge is 2.19. The Balaban J connectivity index is 2.20. The molecule has 1 heterocycles. The molecule has 14 heavy (non-hydrogen) atoms. The van der Waals surface area contributed by atoms with Crippen molar-refractivity contribution in [3.63, 3.8) is 0 Å². The van der Waals surface area contributed by atoms with Gasteiger partial charge in [-0.15, -0.1) is 0 Å². The first kappa shape index (κ1) is 11.5. The smallest absolute Gasteiger partial charge is 0.220 e. The molecule has 0 spiro atoms. The van der Waals surface area contributed by atoms with Gasteiger partial charge in [-0.05, 0) is 31.8 Å². The highest BCUT2D eigenvalue weighted by molar-refractivity contribution is 5.76. The Bertz CT molecular complexity index is 169. The molecule has 82 valence electrons. The summed E-state index contributed by atoms with van der Waals surface area (Å²) in [7, 11) is 0. The second kappa shape index (κ2) is 5.98. The lowest BCUT2D eigenvalue weighted by molar-refractivity contribution is -0.122. The molecule has 1 aliphatic rings. The van der Waals surface area contributed by atoms with Crippen LogP contribution >= 0.6 is 0 Å². The number of rotatable bonds is 5. The minimum absolute atomic E-state index is 0.0329. The maximum absolute atomic E-state index is 11.5. The summed E-state index contributed by atoms with van der Waals surface area (Å²) < 4.78 is 0. The molecule has 0 aliphatic carbocycles. The van der Waals surface area contributed by atoms with E-state index in [-0.39, 0.29) is 18.6 Å². The van der Waals surface area contributed by atoms with E-state index in [2.05, 4.69) is 10.6 Å². The van der Waals surface area contributed by atoms with Crippen LogP contribution in [0.25, 0.3) is 0 Å². The van der Waals surface area contributed by atoms with Crippen LogP contribution in [0.4, 0.5) is 0 Å². The first-order chi connectivity index (χ1) is 6.76. The van der Waals surface area contributed by atoms with Crippen LogP contribution in [0, 0.1) is 5.92 Å². The van der Waals surface area contributed by atoms with Crippen LogP contribution in [0.15, 0.2) is 0 Å². The second-order valence-corrected chi connectivity index (χ2v) is 3.92. The zero-order valence-corrected chi connectivity index (χ0v) is 8.75. The second-order valence-electron chi connectivity index (χ2n) is 3.92. The third-order valence-corrected chi connectivity index (χ3v) is 2.71. The van der Waals surface area contributed by atoms with Crippen molar-refractivity contribution >= 4 is 5.91 Å². The van der Waals surface area contributed by atoms with Crippen LogP contribution < -0.4 is 10.6 Å². The summed E-state index contributed by atoms with van der Waals surface area (Å²) in [5.41, 5.74) is 0. The number of carbonyl (C=O) groups excluding carboxylic acids is 1. The van der Waals surface area contributed by atoms with Crippen molar-refractivity contribution in [2.24, 2.45) is 5.92 Å². The van der Waals surface area contributed by atoms with E-state index in [0.717, 1.165) is 25.9 Å². The molecule has 0 saturated carbocycles. The zero-order chi connectivity index (χ0) is 10.4. The summed E-state index contributed by atoms with van der Waals surface area (Å²) >= 11 is 0. The predicted molar refractivity (Wildman–Crippen MR) is 54.9 cm³/mol. The molecule has 1 fully saturated rings. The fourth-order valence-corrected chi connectivity index (χ4v) is 1.71. The van der Waals surface area contributed by atoms with Crippen LogP contribution in [0.2, 0.25) is 0 Å². The summed E-state index contributed by atoms with van der Waals surface area (Å²) in [6.07, 6.45) is 2.46. The van der Waals surface area contributed by atoms with Crippen LogP contribution in [0.3, 0.4) is 0 Å². The Morgan fingerprint density at radius 2 is 2.50 bits per heavy atom. The number of aliphatic hydroxyl groups excluding tert-OH is 1. The molecule has 0 aromatic carbocycles. The van der Waals surface area contributed by atoms with E-state index in [9.17, 15) is 4.79 Å². The maximum atomic E-state index is 11.5. The van der Waals surface area contributed by atoms with E-state index in [1.54, 1.807) is 0 Å². The van der Waals surface area contributed by atoms with Gasteiger partial charge in [-0.25, -0.2) is 0 Å². The lowest BCUT2D eigenvalue weighted by atomic mass is 10.0. The van der Waals surface area contributed by atoms with Crippen LogP contribution in [0.1, 0.15) is 26.2 Å². The Kier molecular flexibility index (Phi) is 4.90. The summed E-state index contributed by atoms with van der Waals surface area (Å²) in [6.45, 7) is 3.96. The van der Waals surface area contributed by atoms with Gasteiger partial charge in [0.2, 0.25) is 5.91 Å². The average Bonchev–Trinajstić information content (AvgIpc) is 2.66. The monoisotopic (exact) mass is 200 g/mol. The van der Waals surface area contributed by atoms with E-state index in [1.165, 1.54) is 0 Å². The predicted octanol–water partition coefficient (Wildman–Crippen LogP) is -0.127. The van der Waals surface area contributed by atoms with E-state index in [1.807, 2.05) is 6.92 Å². The quantitative estimate of drug-likeness (QED) is 0.579. The summed E-state index contributed by atoms with van der Waals surface area (Å²) in [6, 6.07) is -0.0723. The molecule has 0 bridgehead atoms. The van der Waals surface area contributed by atoms with E-state index in [4.69, 9.17) is 5.11 Å². The third kappa shape index (κ3) is 3.64. The normalized spacial score (nSPS) is 23.4. The van der Waals surface area contributed by atoms with Crippen LogP contribution in [0.5, 0.6) is 0 Å². The Morgan fingerprint density at radius 1 is 1.71 bits per heavy atom. The third-order valence-electron chi connectivity index (χ3n) is 2.71. The van der Waals surface area contributed by atoms with Gasteiger partial charge in [0.25, 0.3) is 0 Å². The molecule has 4 heteroatoms. The van der Waals surface area contributed by atoms with Gasteiger partial charge in [-0.3, -0.25) is 4.79 Å². The minimum Gasteiger partial charge on any atom is -0.394 e. The fourth-order valence-electron chi connectivity index (χ4n) is 1.71. The van der Waals surface area contributed by atoms with Gasteiger partial charge in [-0.1, -0.05) is 6.92 Å².